The largest absolute Gasteiger partial charge is 0.489 e. The summed E-state index contributed by atoms with van der Waals surface area (Å²) in [5.74, 6) is 0.916. The molecule has 4 nitrogen and oxygen atoms in total. The molecule has 0 fully saturated rings. The van der Waals surface area contributed by atoms with Gasteiger partial charge in [0.25, 0.3) is 0 Å². The van der Waals surface area contributed by atoms with E-state index in [1.165, 1.54) is 28.0 Å². The average molecular weight is 336 g/mol. The number of rotatable bonds is 5. The van der Waals surface area contributed by atoms with Crippen molar-refractivity contribution < 1.29 is 9.84 Å². The van der Waals surface area contributed by atoms with Crippen LogP contribution in [0.1, 0.15) is 30.0 Å². The first kappa shape index (κ1) is 16.2. The summed E-state index contributed by atoms with van der Waals surface area (Å²) in [5, 5.41) is 11.4. The van der Waals surface area contributed by atoms with Gasteiger partial charge in [0.15, 0.2) is 0 Å². The number of aliphatic hydroxyl groups is 1. The summed E-state index contributed by atoms with van der Waals surface area (Å²) in [4.78, 5) is 0. The quantitative estimate of drug-likeness (QED) is 0.880. The highest BCUT2D eigenvalue weighted by Gasteiger charge is 2.32. The molecule has 25 heavy (non-hydrogen) atoms. The maximum Gasteiger partial charge on any atom is 0.120 e. The van der Waals surface area contributed by atoms with E-state index in [9.17, 15) is 5.11 Å². The van der Waals surface area contributed by atoms with Gasteiger partial charge in [0, 0.05) is 11.6 Å². The number of aliphatic hydroxyl groups excluding tert-OH is 1. The Balaban J connectivity index is 1.56. The van der Waals surface area contributed by atoms with Crippen LogP contribution in [-0.4, -0.2) is 29.3 Å². The van der Waals surface area contributed by atoms with Crippen molar-refractivity contribution >= 4 is 5.70 Å². The Hall–Kier alpha value is -2.30. The highest BCUT2D eigenvalue weighted by molar-refractivity contribution is 5.74. The van der Waals surface area contributed by atoms with Crippen LogP contribution in [-0.2, 0) is 13.0 Å². The molecule has 0 radical (unpaired) electrons. The molecule has 0 saturated heterocycles. The number of β-amino-alcohol motifs (C(OH)–C–C–N with tert-alkyl or cyclic N) is 1. The maximum absolute atomic E-state index is 9.35. The molecule has 4 rings (SSSR count). The maximum atomic E-state index is 9.35. The van der Waals surface area contributed by atoms with Crippen LogP contribution < -0.4 is 10.2 Å². The van der Waals surface area contributed by atoms with Gasteiger partial charge in [0.05, 0.1) is 18.8 Å². The van der Waals surface area contributed by atoms with Gasteiger partial charge in [-0.2, -0.15) is 0 Å². The number of fused-ring (bicyclic) bond motifs is 2. The standard InChI is InChI=1S/C21H24N2O2/c1-15-19-9-7-17-13-18(25-14-16-5-3-2-4-6-16)8-10-20(17)21(19)23(22-15)11-12-24/h2-6,8,10,13,15,22,24H,7,9,11-12,14H2,1H3. The lowest BCUT2D eigenvalue weighted by Gasteiger charge is -2.26. The lowest BCUT2D eigenvalue weighted by molar-refractivity contribution is 0.208. The van der Waals surface area contributed by atoms with Gasteiger partial charge < -0.3 is 14.9 Å². The fourth-order valence-corrected chi connectivity index (χ4v) is 3.79. The van der Waals surface area contributed by atoms with Gasteiger partial charge in [-0.05, 0) is 54.7 Å². The van der Waals surface area contributed by atoms with Gasteiger partial charge in [-0.3, -0.25) is 0 Å². The molecule has 1 atom stereocenters. The van der Waals surface area contributed by atoms with Gasteiger partial charge >= 0.3 is 0 Å². The lowest BCUT2D eigenvalue weighted by Crippen LogP contribution is -2.37. The summed E-state index contributed by atoms with van der Waals surface area (Å²) in [6, 6.07) is 17.0. The van der Waals surface area contributed by atoms with Crippen LogP contribution in [0, 0.1) is 0 Å². The van der Waals surface area contributed by atoms with E-state index in [0.29, 0.717) is 19.2 Å². The van der Waals surface area contributed by atoms with E-state index >= 15 is 0 Å². The van der Waals surface area contributed by atoms with E-state index < -0.39 is 0 Å². The second-order valence-corrected chi connectivity index (χ2v) is 6.69. The number of benzene rings is 2. The predicted octanol–water partition coefficient (Wildman–Crippen LogP) is 3.12. The zero-order chi connectivity index (χ0) is 17.2. The first-order valence-corrected chi connectivity index (χ1v) is 8.94. The van der Waals surface area contributed by atoms with E-state index in [1.807, 2.05) is 18.2 Å². The third-order valence-electron chi connectivity index (χ3n) is 5.01. The minimum Gasteiger partial charge on any atom is -0.489 e. The van der Waals surface area contributed by atoms with Crippen LogP contribution in [0.5, 0.6) is 5.75 Å². The molecule has 2 aliphatic rings. The number of hydrogen-bond acceptors (Lipinski definition) is 4. The molecule has 2 aromatic rings. The zero-order valence-corrected chi connectivity index (χ0v) is 14.5. The lowest BCUT2D eigenvalue weighted by atomic mass is 9.87. The molecule has 0 aromatic heterocycles. The van der Waals surface area contributed by atoms with Crippen molar-refractivity contribution in [1.29, 1.82) is 0 Å². The highest BCUT2D eigenvalue weighted by atomic mass is 16.5. The fourth-order valence-electron chi connectivity index (χ4n) is 3.79. The molecule has 2 aromatic carbocycles. The van der Waals surface area contributed by atoms with Crippen LogP contribution in [0.3, 0.4) is 0 Å². The Morgan fingerprint density at radius 1 is 1.16 bits per heavy atom. The van der Waals surface area contributed by atoms with Gasteiger partial charge in [-0.15, -0.1) is 0 Å². The molecular formula is C21H24N2O2. The van der Waals surface area contributed by atoms with Crippen molar-refractivity contribution in [2.75, 3.05) is 13.2 Å². The van der Waals surface area contributed by atoms with Crippen LogP contribution in [0.25, 0.3) is 5.70 Å². The van der Waals surface area contributed by atoms with Gasteiger partial charge in [0.1, 0.15) is 12.4 Å². The number of nitrogens with zero attached hydrogens (tertiary/aromatic N) is 1. The van der Waals surface area contributed by atoms with Crippen LogP contribution >= 0.6 is 0 Å². The molecule has 1 unspecified atom stereocenters. The first-order valence-electron chi connectivity index (χ1n) is 8.94. The minimum absolute atomic E-state index is 0.143. The monoisotopic (exact) mass is 336 g/mol. The SMILES string of the molecule is CC1NN(CCO)C2=C1CCc1cc(OCc3ccccc3)ccc12. The van der Waals surface area contributed by atoms with Crippen molar-refractivity contribution in [2.45, 2.75) is 32.4 Å². The summed E-state index contributed by atoms with van der Waals surface area (Å²) >= 11 is 0. The van der Waals surface area contributed by atoms with Crippen molar-refractivity contribution in [3.8, 4) is 5.75 Å². The summed E-state index contributed by atoms with van der Waals surface area (Å²) < 4.78 is 5.98. The second-order valence-electron chi connectivity index (χ2n) is 6.69. The number of hydrazine groups is 1. The molecule has 2 N–H and O–H groups in total. The molecule has 1 aliphatic heterocycles. The Bertz CT molecular complexity index is 786. The van der Waals surface area contributed by atoms with Gasteiger partial charge in [0.2, 0.25) is 0 Å². The third kappa shape index (κ3) is 3.15. The summed E-state index contributed by atoms with van der Waals surface area (Å²) in [5.41, 5.74) is 9.92. The number of hydrogen-bond donors (Lipinski definition) is 2. The smallest absolute Gasteiger partial charge is 0.120 e. The molecule has 0 saturated carbocycles. The van der Waals surface area contributed by atoms with E-state index in [1.54, 1.807) is 0 Å². The Morgan fingerprint density at radius 3 is 2.80 bits per heavy atom. The zero-order valence-electron chi connectivity index (χ0n) is 14.5. The molecule has 1 heterocycles. The van der Waals surface area contributed by atoms with Gasteiger partial charge in [-0.25, -0.2) is 5.43 Å². The fraction of sp³-hybridized carbons (Fsp3) is 0.333. The molecule has 1 aliphatic carbocycles. The van der Waals surface area contributed by atoms with E-state index in [4.69, 9.17) is 4.74 Å². The topological polar surface area (TPSA) is 44.7 Å². The third-order valence-corrected chi connectivity index (χ3v) is 5.01. The molecule has 4 heteroatoms. The van der Waals surface area contributed by atoms with E-state index in [0.717, 1.165) is 18.6 Å². The van der Waals surface area contributed by atoms with Crippen LogP contribution in [0.2, 0.25) is 0 Å². The van der Waals surface area contributed by atoms with Crippen molar-refractivity contribution in [2.24, 2.45) is 0 Å². The Kier molecular flexibility index (Phi) is 4.47. The highest BCUT2D eigenvalue weighted by Crippen LogP contribution is 2.39. The number of ether oxygens (including phenoxy) is 1. The normalized spacial score (nSPS) is 19.0. The average Bonchev–Trinajstić information content (AvgIpc) is 2.97. The Morgan fingerprint density at radius 2 is 2.00 bits per heavy atom. The van der Waals surface area contributed by atoms with Crippen molar-refractivity contribution in [3.05, 3.63) is 70.8 Å². The molecule has 0 bridgehead atoms. The summed E-state index contributed by atoms with van der Waals surface area (Å²) in [6.45, 7) is 3.52. The van der Waals surface area contributed by atoms with Crippen LogP contribution in [0.15, 0.2) is 54.1 Å². The van der Waals surface area contributed by atoms with Crippen molar-refractivity contribution in [3.63, 3.8) is 0 Å². The summed E-state index contributed by atoms with van der Waals surface area (Å²) in [7, 11) is 0. The molecular weight excluding hydrogens is 312 g/mol. The number of nitrogens with one attached hydrogen (secondary N) is 1. The molecule has 0 spiro atoms. The minimum atomic E-state index is 0.143. The Labute approximate surface area is 148 Å². The second kappa shape index (κ2) is 6.90. The number of aryl methyl sites for hydroxylation is 1. The first-order chi connectivity index (χ1) is 12.3. The van der Waals surface area contributed by atoms with E-state index in [2.05, 4.69) is 47.7 Å². The molecule has 130 valence electrons. The van der Waals surface area contributed by atoms with Crippen LogP contribution in [0.4, 0.5) is 0 Å². The van der Waals surface area contributed by atoms with Crippen molar-refractivity contribution in [1.82, 2.24) is 10.4 Å². The molecule has 0 amide bonds. The van der Waals surface area contributed by atoms with E-state index in [-0.39, 0.29) is 6.61 Å². The van der Waals surface area contributed by atoms with Gasteiger partial charge in [-0.1, -0.05) is 30.3 Å². The predicted molar refractivity (Wildman–Crippen MR) is 98.8 cm³/mol. The summed E-state index contributed by atoms with van der Waals surface area (Å²) in [6.07, 6.45) is 2.09.